The summed E-state index contributed by atoms with van der Waals surface area (Å²) >= 11 is 0. The van der Waals surface area contributed by atoms with E-state index in [2.05, 4.69) is 17.4 Å². The number of rotatable bonds is 6. The van der Waals surface area contributed by atoms with E-state index in [-0.39, 0.29) is 12.5 Å². The quantitative estimate of drug-likeness (QED) is 0.715. The van der Waals surface area contributed by atoms with Gasteiger partial charge in [0.1, 0.15) is 5.75 Å². The van der Waals surface area contributed by atoms with Crippen LogP contribution >= 0.6 is 0 Å². The molecule has 1 aliphatic carbocycles. The topological polar surface area (TPSA) is 56.1 Å². The lowest BCUT2D eigenvalue weighted by atomic mass is 10.1. The lowest BCUT2D eigenvalue weighted by Gasteiger charge is -2.11. The average molecular weight is 375 g/mol. The zero-order chi connectivity index (χ0) is 19.5. The Balaban J connectivity index is 1.42. The van der Waals surface area contributed by atoms with Crippen molar-refractivity contribution < 1.29 is 9.53 Å². The van der Waals surface area contributed by atoms with Crippen molar-refractivity contribution in [3.8, 4) is 11.4 Å². The van der Waals surface area contributed by atoms with E-state index in [0.29, 0.717) is 6.54 Å². The van der Waals surface area contributed by atoms with Crippen LogP contribution in [0.5, 0.6) is 5.75 Å². The predicted molar refractivity (Wildman–Crippen MR) is 109 cm³/mol. The zero-order valence-electron chi connectivity index (χ0n) is 16.4. The number of fused-ring (bicyclic) bond motifs is 1. The first-order chi connectivity index (χ1) is 13.6. The van der Waals surface area contributed by atoms with Crippen LogP contribution in [0.1, 0.15) is 34.5 Å². The molecule has 3 aromatic rings. The Morgan fingerprint density at radius 3 is 2.57 bits per heavy atom. The molecule has 0 unspecified atom stereocenters. The maximum absolute atomic E-state index is 12.3. The Morgan fingerprint density at radius 2 is 1.82 bits per heavy atom. The third kappa shape index (κ3) is 3.65. The molecule has 0 aliphatic heterocycles. The molecular formula is C23H25N3O2. The fourth-order valence-corrected chi connectivity index (χ4v) is 3.84. The largest absolute Gasteiger partial charge is 0.483 e. The van der Waals surface area contributed by atoms with E-state index < -0.39 is 0 Å². The van der Waals surface area contributed by atoms with Crippen LogP contribution < -0.4 is 10.1 Å². The molecule has 144 valence electrons. The second-order valence-electron chi connectivity index (χ2n) is 7.26. The van der Waals surface area contributed by atoms with E-state index in [4.69, 9.17) is 9.84 Å². The molecule has 5 heteroatoms. The highest BCUT2D eigenvalue weighted by Crippen LogP contribution is 2.27. The summed E-state index contributed by atoms with van der Waals surface area (Å²) in [4.78, 5) is 12.3. The van der Waals surface area contributed by atoms with Gasteiger partial charge in [-0.15, -0.1) is 0 Å². The minimum Gasteiger partial charge on any atom is -0.483 e. The van der Waals surface area contributed by atoms with Crippen molar-refractivity contribution >= 4 is 5.91 Å². The number of para-hydroxylation sites is 2. The number of hydrogen-bond acceptors (Lipinski definition) is 3. The van der Waals surface area contributed by atoms with Gasteiger partial charge in [0.2, 0.25) is 0 Å². The van der Waals surface area contributed by atoms with Crippen molar-refractivity contribution in [3.05, 3.63) is 76.6 Å². The molecule has 0 fully saturated rings. The van der Waals surface area contributed by atoms with Gasteiger partial charge in [-0.1, -0.05) is 36.4 Å². The summed E-state index contributed by atoms with van der Waals surface area (Å²) in [5.74, 6) is 0.649. The molecule has 0 saturated heterocycles. The maximum atomic E-state index is 12.3. The van der Waals surface area contributed by atoms with Crippen molar-refractivity contribution in [2.24, 2.45) is 0 Å². The Hall–Kier alpha value is -3.08. The first-order valence-electron chi connectivity index (χ1n) is 9.74. The summed E-state index contributed by atoms with van der Waals surface area (Å²) in [6.07, 6.45) is 3.18. The van der Waals surface area contributed by atoms with E-state index in [1.54, 1.807) is 0 Å². The van der Waals surface area contributed by atoms with Crippen LogP contribution in [0.3, 0.4) is 0 Å². The van der Waals surface area contributed by atoms with Gasteiger partial charge in [0, 0.05) is 5.69 Å². The van der Waals surface area contributed by atoms with Gasteiger partial charge in [-0.2, -0.15) is 5.10 Å². The van der Waals surface area contributed by atoms with Gasteiger partial charge in [-0.25, -0.2) is 4.68 Å². The van der Waals surface area contributed by atoms with Crippen molar-refractivity contribution in [3.63, 3.8) is 0 Å². The molecule has 1 N–H and O–H groups in total. The summed E-state index contributed by atoms with van der Waals surface area (Å²) in [7, 11) is 0. The Kier molecular flexibility index (Phi) is 5.15. The maximum Gasteiger partial charge on any atom is 0.258 e. The molecule has 4 rings (SSSR count). The number of nitrogens with zero attached hydrogens (tertiary/aromatic N) is 2. The molecule has 1 heterocycles. The minimum absolute atomic E-state index is 0.00722. The van der Waals surface area contributed by atoms with Gasteiger partial charge in [-0.05, 0) is 61.9 Å². The van der Waals surface area contributed by atoms with E-state index >= 15 is 0 Å². The SMILES string of the molecule is Cc1cccc(C)c1OCC(=O)NCc1nn(-c2ccccc2)c2c1CCC2. The van der Waals surface area contributed by atoms with Gasteiger partial charge in [0.05, 0.1) is 17.9 Å². The summed E-state index contributed by atoms with van der Waals surface area (Å²) < 4.78 is 7.77. The molecule has 2 aromatic carbocycles. The van der Waals surface area contributed by atoms with Gasteiger partial charge >= 0.3 is 0 Å². The van der Waals surface area contributed by atoms with E-state index in [1.165, 1.54) is 11.3 Å². The Labute approximate surface area is 165 Å². The van der Waals surface area contributed by atoms with E-state index in [9.17, 15) is 4.79 Å². The van der Waals surface area contributed by atoms with Crippen molar-refractivity contribution in [1.29, 1.82) is 0 Å². The van der Waals surface area contributed by atoms with Crippen molar-refractivity contribution in [1.82, 2.24) is 15.1 Å². The molecule has 0 spiro atoms. The average Bonchev–Trinajstić information content (AvgIpc) is 3.30. The normalized spacial score (nSPS) is 12.6. The smallest absolute Gasteiger partial charge is 0.258 e. The fraction of sp³-hybridized carbons (Fsp3) is 0.304. The Morgan fingerprint density at radius 1 is 1.07 bits per heavy atom. The fourth-order valence-electron chi connectivity index (χ4n) is 3.84. The number of aryl methyl sites for hydroxylation is 2. The van der Waals surface area contributed by atoms with E-state index in [1.807, 2.05) is 54.9 Å². The number of carbonyl (C=O) groups excluding carboxylic acids is 1. The van der Waals surface area contributed by atoms with Crippen LogP contribution in [-0.4, -0.2) is 22.3 Å². The van der Waals surface area contributed by atoms with Gasteiger partial charge in [0.15, 0.2) is 6.61 Å². The summed E-state index contributed by atoms with van der Waals surface area (Å²) in [6, 6.07) is 16.1. The molecule has 0 atom stereocenters. The third-order valence-corrected chi connectivity index (χ3v) is 5.22. The number of amides is 1. The minimum atomic E-state index is -0.135. The zero-order valence-corrected chi connectivity index (χ0v) is 16.4. The number of aromatic nitrogens is 2. The van der Waals surface area contributed by atoms with Gasteiger partial charge < -0.3 is 10.1 Å². The van der Waals surface area contributed by atoms with Crippen LogP contribution in [0.25, 0.3) is 5.69 Å². The molecule has 0 bridgehead atoms. The highest BCUT2D eigenvalue weighted by Gasteiger charge is 2.23. The van der Waals surface area contributed by atoms with Crippen LogP contribution in [0, 0.1) is 13.8 Å². The number of ether oxygens (including phenoxy) is 1. The van der Waals surface area contributed by atoms with Crippen LogP contribution in [0.15, 0.2) is 48.5 Å². The molecular weight excluding hydrogens is 350 g/mol. The van der Waals surface area contributed by atoms with Crippen molar-refractivity contribution in [2.45, 2.75) is 39.7 Å². The highest BCUT2D eigenvalue weighted by atomic mass is 16.5. The molecule has 5 nitrogen and oxygen atoms in total. The first-order valence-corrected chi connectivity index (χ1v) is 9.74. The molecule has 28 heavy (non-hydrogen) atoms. The summed E-state index contributed by atoms with van der Waals surface area (Å²) in [5, 5.41) is 7.74. The van der Waals surface area contributed by atoms with Crippen LogP contribution in [0.4, 0.5) is 0 Å². The Bertz CT molecular complexity index is 972. The number of nitrogens with one attached hydrogen (secondary N) is 1. The molecule has 1 aromatic heterocycles. The lowest BCUT2D eigenvalue weighted by molar-refractivity contribution is -0.123. The number of benzene rings is 2. The van der Waals surface area contributed by atoms with E-state index in [0.717, 1.165) is 47.5 Å². The molecule has 1 aliphatic rings. The predicted octanol–water partition coefficient (Wildman–Crippen LogP) is 3.67. The van der Waals surface area contributed by atoms with Gasteiger partial charge in [0.25, 0.3) is 5.91 Å². The second kappa shape index (κ2) is 7.89. The monoisotopic (exact) mass is 375 g/mol. The standard InChI is InChI=1S/C23H25N3O2/c1-16-8-6-9-17(2)23(16)28-15-22(27)24-14-20-19-12-7-13-21(19)26(25-20)18-10-4-3-5-11-18/h3-6,8-11H,7,12-15H2,1-2H3,(H,24,27). The van der Waals surface area contributed by atoms with Crippen LogP contribution in [0.2, 0.25) is 0 Å². The summed E-state index contributed by atoms with van der Waals surface area (Å²) in [5.41, 5.74) is 6.63. The van der Waals surface area contributed by atoms with Crippen molar-refractivity contribution in [2.75, 3.05) is 6.61 Å². The van der Waals surface area contributed by atoms with Crippen LogP contribution in [-0.2, 0) is 24.2 Å². The molecule has 0 radical (unpaired) electrons. The second-order valence-corrected chi connectivity index (χ2v) is 7.26. The lowest BCUT2D eigenvalue weighted by Crippen LogP contribution is -2.29. The number of hydrogen-bond donors (Lipinski definition) is 1. The summed E-state index contributed by atoms with van der Waals surface area (Å²) in [6.45, 7) is 4.41. The van der Waals surface area contributed by atoms with Gasteiger partial charge in [-0.3, -0.25) is 4.79 Å². The number of carbonyl (C=O) groups is 1. The molecule has 0 saturated carbocycles. The highest BCUT2D eigenvalue weighted by molar-refractivity contribution is 5.77. The third-order valence-electron chi connectivity index (χ3n) is 5.22. The first kappa shape index (κ1) is 18.3. The molecule has 1 amide bonds.